The van der Waals surface area contributed by atoms with Crippen LogP contribution in [0.3, 0.4) is 0 Å². The van der Waals surface area contributed by atoms with Crippen LogP contribution in [0.2, 0.25) is 5.02 Å². The Labute approximate surface area is 216 Å². The van der Waals surface area contributed by atoms with Crippen molar-refractivity contribution in [1.82, 2.24) is 4.57 Å². The summed E-state index contributed by atoms with van der Waals surface area (Å²) >= 11 is 6.19. The van der Waals surface area contributed by atoms with Crippen LogP contribution < -0.4 is 10.5 Å². The number of rotatable bonds is 8. The Morgan fingerprint density at radius 1 is 1.31 bits per heavy atom. The lowest BCUT2D eigenvalue weighted by molar-refractivity contribution is 0.0855. The summed E-state index contributed by atoms with van der Waals surface area (Å²) in [5.74, 6) is 1.13. The van der Waals surface area contributed by atoms with Crippen LogP contribution in [0.4, 0.5) is 0 Å². The molecule has 1 aromatic heterocycles. The van der Waals surface area contributed by atoms with E-state index in [0.29, 0.717) is 35.8 Å². The number of hydrogen-bond donors (Lipinski definition) is 1. The summed E-state index contributed by atoms with van der Waals surface area (Å²) in [7, 11) is 1.62. The molecule has 0 saturated carbocycles. The third-order valence-corrected chi connectivity index (χ3v) is 6.87. The van der Waals surface area contributed by atoms with Crippen molar-refractivity contribution in [1.29, 1.82) is 5.26 Å². The fraction of sp³-hybridized carbons (Fsp3) is 0.310. The standard InChI is InChI=1S/C29H30ClN3O3/c1-4-6-27(35-3)23(16-32)18-7-9-22-25(15-18)33(12-11-31)24(5-2)28(22)29(34)20-13-19-14-21(30)8-10-26(19)36-17-20/h6-10,14-16,20H,4-5,12-13,17,32H2,1-3H3/b23-16-,27-6-. The number of halogens is 1. The quantitative estimate of drug-likeness (QED) is 0.229. The van der Waals surface area contributed by atoms with Gasteiger partial charge in [-0.05, 0) is 60.7 Å². The van der Waals surface area contributed by atoms with E-state index in [1.807, 2.05) is 54.8 Å². The highest BCUT2D eigenvalue weighted by molar-refractivity contribution is 6.30. The fourth-order valence-corrected chi connectivity index (χ4v) is 5.20. The molecule has 0 amide bonds. The zero-order chi connectivity index (χ0) is 25.8. The maximum Gasteiger partial charge on any atom is 0.172 e. The topological polar surface area (TPSA) is 90.3 Å². The number of nitriles is 1. The van der Waals surface area contributed by atoms with Crippen molar-refractivity contribution in [3.63, 3.8) is 0 Å². The van der Waals surface area contributed by atoms with Gasteiger partial charge < -0.3 is 19.8 Å². The van der Waals surface area contributed by atoms with Crippen LogP contribution in [0.15, 0.2) is 54.4 Å². The lowest BCUT2D eigenvalue weighted by Crippen LogP contribution is -2.29. The monoisotopic (exact) mass is 503 g/mol. The number of nitrogens with two attached hydrogens (primary N) is 1. The number of aromatic nitrogens is 1. The normalized spacial score (nSPS) is 15.8. The molecule has 36 heavy (non-hydrogen) atoms. The van der Waals surface area contributed by atoms with Gasteiger partial charge in [-0.2, -0.15) is 5.26 Å². The summed E-state index contributed by atoms with van der Waals surface area (Å²) in [4.78, 5) is 14.0. The molecule has 4 rings (SSSR count). The Balaban J connectivity index is 1.83. The second-order valence-corrected chi connectivity index (χ2v) is 9.18. The number of carbonyl (C=O) groups is 1. The molecule has 0 aliphatic carbocycles. The largest absolute Gasteiger partial charge is 0.496 e. The van der Waals surface area contributed by atoms with Crippen molar-refractivity contribution in [2.75, 3.05) is 13.7 Å². The predicted molar refractivity (Wildman–Crippen MR) is 143 cm³/mol. The maximum absolute atomic E-state index is 14.0. The Kier molecular flexibility index (Phi) is 7.71. The van der Waals surface area contributed by atoms with E-state index in [-0.39, 0.29) is 18.2 Å². The van der Waals surface area contributed by atoms with Crippen molar-refractivity contribution in [3.8, 4) is 11.8 Å². The molecule has 1 atom stereocenters. The van der Waals surface area contributed by atoms with Gasteiger partial charge in [0.25, 0.3) is 0 Å². The Bertz CT molecular complexity index is 1410. The first-order valence-electron chi connectivity index (χ1n) is 12.1. The molecule has 0 bridgehead atoms. The van der Waals surface area contributed by atoms with Crippen molar-refractivity contribution >= 4 is 33.9 Å². The van der Waals surface area contributed by atoms with E-state index in [0.717, 1.165) is 45.5 Å². The van der Waals surface area contributed by atoms with Crippen LogP contribution in [-0.4, -0.2) is 24.1 Å². The van der Waals surface area contributed by atoms with Gasteiger partial charge in [-0.1, -0.05) is 37.6 Å². The zero-order valence-electron chi connectivity index (χ0n) is 20.8. The number of fused-ring (bicyclic) bond motifs is 2. The van der Waals surface area contributed by atoms with Crippen LogP contribution >= 0.6 is 11.6 Å². The summed E-state index contributed by atoms with van der Waals surface area (Å²) < 4.78 is 13.4. The number of Topliss-reactive ketones (excluding diaryl/α,β-unsaturated/α-hetero) is 1. The van der Waals surface area contributed by atoms with E-state index in [4.69, 9.17) is 26.8 Å². The first kappa shape index (κ1) is 25.4. The van der Waals surface area contributed by atoms with Gasteiger partial charge in [-0.15, -0.1) is 0 Å². The van der Waals surface area contributed by atoms with Gasteiger partial charge in [0, 0.05) is 33.4 Å². The second kappa shape index (κ2) is 10.9. The van der Waals surface area contributed by atoms with Crippen molar-refractivity contribution in [2.24, 2.45) is 11.7 Å². The van der Waals surface area contributed by atoms with Gasteiger partial charge >= 0.3 is 0 Å². The number of allylic oxidation sites excluding steroid dienone is 2. The SMILES string of the molecule is CC/C=C(OC)/C(=C\N)c1ccc2c(C(=O)C3COc4ccc(Cl)cc4C3)c(CC)n(CC#N)c2c1. The molecule has 1 aliphatic heterocycles. The number of carbonyl (C=O) groups excluding carboxylic acids is 1. The van der Waals surface area contributed by atoms with E-state index in [2.05, 4.69) is 6.07 Å². The van der Waals surface area contributed by atoms with Crippen LogP contribution in [-0.2, 0) is 24.1 Å². The minimum Gasteiger partial charge on any atom is -0.496 e. The Hall–Kier alpha value is -3.69. The van der Waals surface area contributed by atoms with Gasteiger partial charge in [0.2, 0.25) is 0 Å². The van der Waals surface area contributed by atoms with Crippen molar-refractivity contribution < 1.29 is 14.3 Å². The number of nitrogens with zero attached hydrogens (tertiary/aromatic N) is 2. The minimum atomic E-state index is -0.339. The summed E-state index contributed by atoms with van der Waals surface area (Å²) in [6, 6.07) is 13.6. The summed E-state index contributed by atoms with van der Waals surface area (Å²) in [5, 5.41) is 11.0. The second-order valence-electron chi connectivity index (χ2n) is 8.74. The van der Waals surface area contributed by atoms with Gasteiger partial charge in [0.1, 0.15) is 18.1 Å². The third kappa shape index (κ3) is 4.59. The number of benzene rings is 2. The summed E-state index contributed by atoms with van der Waals surface area (Å²) in [5.41, 5.74) is 10.9. The molecule has 0 radical (unpaired) electrons. The van der Waals surface area contributed by atoms with Crippen molar-refractivity contribution in [3.05, 3.63) is 81.8 Å². The van der Waals surface area contributed by atoms with E-state index >= 15 is 0 Å². The molecular formula is C29H30ClN3O3. The molecule has 0 fully saturated rings. The van der Waals surface area contributed by atoms with Crippen LogP contribution in [0, 0.1) is 17.2 Å². The molecule has 0 spiro atoms. The third-order valence-electron chi connectivity index (χ3n) is 6.63. The smallest absolute Gasteiger partial charge is 0.172 e. The summed E-state index contributed by atoms with van der Waals surface area (Å²) in [6.07, 6.45) is 5.46. The molecule has 3 aromatic rings. The van der Waals surface area contributed by atoms with Gasteiger partial charge in [0.05, 0.1) is 31.2 Å². The molecular weight excluding hydrogens is 474 g/mol. The number of ketones is 1. The molecule has 2 heterocycles. The average molecular weight is 504 g/mol. The highest BCUT2D eigenvalue weighted by Gasteiger charge is 2.31. The van der Waals surface area contributed by atoms with Gasteiger partial charge in [0.15, 0.2) is 5.78 Å². The molecule has 186 valence electrons. The van der Waals surface area contributed by atoms with Gasteiger partial charge in [-0.3, -0.25) is 4.79 Å². The molecule has 2 N–H and O–H groups in total. The molecule has 2 aromatic carbocycles. The number of methoxy groups -OCH3 is 1. The highest BCUT2D eigenvalue weighted by atomic mass is 35.5. The van der Waals surface area contributed by atoms with Crippen molar-refractivity contribution in [2.45, 2.75) is 39.7 Å². The minimum absolute atomic E-state index is 0.0185. The van der Waals surface area contributed by atoms with E-state index in [9.17, 15) is 10.1 Å². The molecule has 7 heteroatoms. The van der Waals surface area contributed by atoms with Crippen LogP contribution in [0.5, 0.6) is 5.75 Å². The van der Waals surface area contributed by atoms with Gasteiger partial charge in [-0.25, -0.2) is 0 Å². The van der Waals surface area contributed by atoms with Crippen LogP contribution in [0.25, 0.3) is 16.5 Å². The first-order valence-corrected chi connectivity index (χ1v) is 12.5. The fourth-order valence-electron chi connectivity index (χ4n) is 5.01. The molecule has 1 aliphatic rings. The molecule has 0 saturated heterocycles. The lowest BCUT2D eigenvalue weighted by Gasteiger charge is -2.25. The Morgan fingerprint density at radius 2 is 2.11 bits per heavy atom. The predicted octanol–water partition coefficient (Wildman–Crippen LogP) is 6.05. The molecule has 6 nitrogen and oxygen atoms in total. The summed E-state index contributed by atoms with van der Waals surface area (Å²) in [6.45, 7) is 4.48. The Morgan fingerprint density at radius 3 is 2.78 bits per heavy atom. The maximum atomic E-state index is 14.0. The number of hydrogen-bond acceptors (Lipinski definition) is 5. The van der Waals surface area contributed by atoms with Crippen LogP contribution in [0.1, 0.15) is 47.4 Å². The first-order chi connectivity index (χ1) is 17.5. The number of ether oxygens (including phenoxy) is 2. The average Bonchev–Trinajstić information content (AvgIpc) is 3.20. The molecule has 1 unspecified atom stereocenters. The highest BCUT2D eigenvalue weighted by Crippen LogP contribution is 2.36. The van der Waals surface area contributed by atoms with E-state index in [1.165, 1.54) is 6.20 Å². The lowest BCUT2D eigenvalue weighted by atomic mass is 9.88. The van der Waals surface area contributed by atoms with E-state index < -0.39 is 0 Å². The van der Waals surface area contributed by atoms with E-state index in [1.54, 1.807) is 13.2 Å². The zero-order valence-corrected chi connectivity index (χ0v) is 21.6.